The molecule has 0 aliphatic heterocycles. The Labute approximate surface area is 123 Å². The maximum Gasteiger partial charge on any atom is 0.341 e. The molecular formula is C14H20N4O3. The van der Waals surface area contributed by atoms with Gasteiger partial charge >= 0.3 is 5.97 Å². The zero-order chi connectivity index (χ0) is 15.4. The summed E-state index contributed by atoms with van der Waals surface area (Å²) in [7, 11) is 0. The van der Waals surface area contributed by atoms with Crippen LogP contribution >= 0.6 is 0 Å². The van der Waals surface area contributed by atoms with E-state index >= 15 is 0 Å². The van der Waals surface area contributed by atoms with Gasteiger partial charge in [0.15, 0.2) is 0 Å². The van der Waals surface area contributed by atoms with E-state index in [-0.39, 0.29) is 5.91 Å². The average molecular weight is 292 g/mol. The van der Waals surface area contributed by atoms with Crippen molar-refractivity contribution in [3.05, 3.63) is 17.5 Å². The fourth-order valence-electron chi connectivity index (χ4n) is 1.76. The largest absolute Gasteiger partial charge is 0.462 e. The summed E-state index contributed by atoms with van der Waals surface area (Å²) in [6.07, 6.45) is 3.50. The lowest BCUT2D eigenvalue weighted by atomic mass is 10.2. The molecule has 1 heterocycles. The molecule has 1 aliphatic carbocycles. The lowest BCUT2D eigenvalue weighted by Crippen LogP contribution is -2.39. The summed E-state index contributed by atoms with van der Waals surface area (Å²) in [5, 5.41) is 5.83. The maximum atomic E-state index is 11.8. The van der Waals surface area contributed by atoms with Crippen molar-refractivity contribution in [2.45, 2.75) is 45.7 Å². The van der Waals surface area contributed by atoms with Gasteiger partial charge in [-0.1, -0.05) is 0 Å². The summed E-state index contributed by atoms with van der Waals surface area (Å²) in [5.74, 6) is -0.201. The smallest absolute Gasteiger partial charge is 0.341 e. The molecule has 2 N–H and O–H groups in total. The van der Waals surface area contributed by atoms with E-state index < -0.39 is 12.0 Å². The van der Waals surface area contributed by atoms with Crippen molar-refractivity contribution >= 4 is 17.8 Å². The highest BCUT2D eigenvalue weighted by Crippen LogP contribution is 2.18. The summed E-state index contributed by atoms with van der Waals surface area (Å²) < 4.78 is 4.92. The van der Waals surface area contributed by atoms with E-state index in [9.17, 15) is 9.59 Å². The molecule has 7 nitrogen and oxygen atoms in total. The number of nitrogens with zero attached hydrogens (tertiary/aromatic N) is 2. The summed E-state index contributed by atoms with van der Waals surface area (Å²) >= 11 is 0. The number of nitrogens with one attached hydrogen (secondary N) is 2. The van der Waals surface area contributed by atoms with Crippen LogP contribution in [0.4, 0.5) is 5.95 Å². The van der Waals surface area contributed by atoms with Crippen LogP contribution in [0.3, 0.4) is 0 Å². The molecule has 7 heteroatoms. The number of hydrogen-bond donors (Lipinski definition) is 2. The van der Waals surface area contributed by atoms with Gasteiger partial charge < -0.3 is 15.4 Å². The molecule has 1 aromatic rings. The van der Waals surface area contributed by atoms with Gasteiger partial charge in [-0.05, 0) is 33.6 Å². The van der Waals surface area contributed by atoms with Gasteiger partial charge in [0.25, 0.3) is 0 Å². The minimum absolute atomic E-state index is 0.0757. The molecule has 1 aromatic heterocycles. The molecule has 1 atom stereocenters. The van der Waals surface area contributed by atoms with Crippen LogP contribution in [0.25, 0.3) is 0 Å². The molecule has 1 fully saturated rings. The van der Waals surface area contributed by atoms with Crippen LogP contribution in [0.1, 0.15) is 42.7 Å². The molecule has 21 heavy (non-hydrogen) atoms. The Kier molecular flexibility index (Phi) is 4.72. The molecule has 1 saturated carbocycles. The highest BCUT2D eigenvalue weighted by Gasteiger charge is 2.26. The van der Waals surface area contributed by atoms with Gasteiger partial charge in [0.1, 0.15) is 6.04 Å². The monoisotopic (exact) mass is 292 g/mol. The van der Waals surface area contributed by atoms with E-state index in [2.05, 4.69) is 20.6 Å². The summed E-state index contributed by atoms with van der Waals surface area (Å²) in [6.45, 7) is 5.49. The van der Waals surface area contributed by atoms with Crippen LogP contribution in [0.2, 0.25) is 0 Å². The molecule has 114 valence electrons. The number of carbonyl (C=O) groups is 2. The predicted molar refractivity (Wildman–Crippen MR) is 77.0 cm³/mol. The van der Waals surface area contributed by atoms with E-state index in [0.717, 1.165) is 12.8 Å². The molecule has 1 amide bonds. The Morgan fingerprint density at radius 1 is 1.48 bits per heavy atom. The summed E-state index contributed by atoms with van der Waals surface area (Å²) in [5.41, 5.74) is 0.846. The first-order chi connectivity index (χ1) is 10.0. The van der Waals surface area contributed by atoms with E-state index in [0.29, 0.717) is 29.9 Å². The maximum absolute atomic E-state index is 11.8. The molecule has 0 bridgehead atoms. The second-order valence-corrected chi connectivity index (χ2v) is 5.06. The summed E-state index contributed by atoms with van der Waals surface area (Å²) in [4.78, 5) is 31.7. The van der Waals surface area contributed by atoms with Crippen molar-refractivity contribution in [2.75, 3.05) is 11.9 Å². The van der Waals surface area contributed by atoms with E-state index in [1.54, 1.807) is 20.8 Å². The lowest BCUT2D eigenvalue weighted by molar-refractivity contribution is -0.121. The number of anilines is 1. The Morgan fingerprint density at radius 2 is 2.19 bits per heavy atom. The quantitative estimate of drug-likeness (QED) is 0.761. The number of rotatable bonds is 6. The van der Waals surface area contributed by atoms with Gasteiger partial charge in [-0.25, -0.2) is 14.8 Å². The van der Waals surface area contributed by atoms with Crippen LogP contribution in [-0.4, -0.2) is 40.5 Å². The van der Waals surface area contributed by atoms with Crippen molar-refractivity contribution in [1.82, 2.24) is 15.3 Å². The van der Waals surface area contributed by atoms with Crippen LogP contribution in [0.5, 0.6) is 0 Å². The van der Waals surface area contributed by atoms with Crippen molar-refractivity contribution in [3.63, 3.8) is 0 Å². The molecule has 1 aliphatic rings. The molecular weight excluding hydrogens is 272 g/mol. The number of amides is 1. The van der Waals surface area contributed by atoms with Crippen molar-refractivity contribution in [1.29, 1.82) is 0 Å². The minimum Gasteiger partial charge on any atom is -0.462 e. The fraction of sp³-hybridized carbons (Fsp3) is 0.571. The first-order valence-corrected chi connectivity index (χ1v) is 7.09. The van der Waals surface area contributed by atoms with Crippen LogP contribution < -0.4 is 10.6 Å². The normalized spacial score (nSPS) is 15.2. The number of carbonyl (C=O) groups excluding carboxylic acids is 2. The van der Waals surface area contributed by atoms with Gasteiger partial charge in [-0.3, -0.25) is 4.79 Å². The number of aromatic nitrogens is 2. The average Bonchev–Trinajstić information content (AvgIpc) is 3.22. The molecule has 0 saturated heterocycles. The van der Waals surface area contributed by atoms with E-state index in [4.69, 9.17) is 4.74 Å². The van der Waals surface area contributed by atoms with Crippen LogP contribution in [0.15, 0.2) is 6.20 Å². The van der Waals surface area contributed by atoms with E-state index in [1.165, 1.54) is 6.20 Å². The molecule has 0 aromatic carbocycles. The SMILES string of the molecule is CCOC(=O)c1cnc(NC(C)C(=O)NC2CC2)nc1C. The van der Waals surface area contributed by atoms with Gasteiger partial charge in [0.2, 0.25) is 11.9 Å². The summed E-state index contributed by atoms with van der Waals surface area (Å²) in [6, 6.07) is -0.117. The Balaban J connectivity index is 1.98. The Morgan fingerprint density at radius 3 is 2.76 bits per heavy atom. The van der Waals surface area contributed by atoms with Crippen LogP contribution in [-0.2, 0) is 9.53 Å². The first kappa shape index (κ1) is 15.2. The third-order valence-electron chi connectivity index (χ3n) is 3.14. The van der Waals surface area contributed by atoms with Gasteiger partial charge in [-0.15, -0.1) is 0 Å². The number of aryl methyl sites for hydroxylation is 1. The van der Waals surface area contributed by atoms with E-state index in [1.807, 2.05) is 0 Å². The molecule has 0 spiro atoms. The number of esters is 1. The highest BCUT2D eigenvalue weighted by molar-refractivity contribution is 5.90. The fourth-order valence-corrected chi connectivity index (χ4v) is 1.76. The second-order valence-electron chi connectivity index (χ2n) is 5.06. The van der Waals surface area contributed by atoms with Gasteiger partial charge in [0, 0.05) is 12.2 Å². The van der Waals surface area contributed by atoms with Gasteiger partial charge in [0.05, 0.1) is 17.9 Å². The zero-order valence-electron chi connectivity index (χ0n) is 12.5. The zero-order valence-corrected chi connectivity index (χ0v) is 12.5. The Bertz CT molecular complexity index is 543. The van der Waals surface area contributed by atoms with Gasteiger partial charge in [-0.2, -0.15) is 0 Å². The van der Waals surface area contributed by atoms with Crippen molar-refractivity contribution in [3.8, 4) is 0 Å². The van der Waals surface area contributed by atoms with Crippen LogP contribution in [0, 0.1) is 6.92 Å². The molecule has 2 rings (SSSR count). The highest BCUT2D eigenvalue weighted by atomic mass is 16.5. The number of ether oxygens (including phenoxy) is 1. The van der Waals surface area contributed by atoms with Crippen molar-refractivity contribution < 1.29 is 14.3 Å². The standard InChI is InChI=1S/C14H20N4O3/c1-4-21-13(20)11-7-15-14(16-8(11)2)17-9(3)12(19)18-10-5-6-10/h7,9-10H,4-6H2,1-3H3,(H,18,19)(H,15,16,17). The van der Waals surface area contributed by atoms with Crippen molar-refractivity contribution in [2.24, 2.45) is 0 Å². The number of hydrogen-bond acceptors (Lipinski definition) is 6. The lowest BCUT2D eigenvalue weighted by Gasteiger charge is -2.14. The third kappa shape index (κ3) is 4.14. The first-order valence-electron chi connectivity index (χ1n) is 7.09. The molecule has 1 unspecified atom stereocenters. The minimum atomic E-state index is -0.443. The predicted octanol–water partition coefficient (Wildman–Crippen LogP) is 1.04. The second kappa shape index (κ2) is 6.51. The molecule has 0 radical (unpaired) electrons. The topological polar surface area (TPSA) is 93.2 Å². The Hall–Kier alpha value is -2.18. The third-order valence-corrected chi connectivity index (χ3v) is 3.14.